The molecule has 1 aliphatic heterocycles. The van der Waals surface area contributed by atoms with E-state index in [1.807, 2.05) is 17.8 Å². The monoisotopic (exact) mass is 252 g/mol. The zero-order chi connectivity index (χ0) is 11.4. The van der Waals surface area contributed by atoms with Crippen LogP contribution in [-0.2, 0) is 0 Å². The fourth-order valence-corrected chi connectivity index (χ4v) is 3.80. The number of para-hydroxylation sites is 1. The predicted octanol–water partition coefficient (Wildman–Crippen LogP) is 3.29. The van der Waals surface area contributed by atoms with Crippen LogP contribution in [0.3, 0.4) is 0 Å². The minimum atomic E-state index is 0.506. The van der Waals surface area contributed by atoms with Gasteiger partial charge in [-0.15, -0.1) is 23.5 Å². The molecule has 2 rings (SSSR count). The van der Waals surface area contributed by atoms with E-state index in [1.165, 1.54) is 9.94 Å². The number of hydrogen-bond acceptors (Lipinski definition) is 4. The van der Waals surface area contributed by atoms with E-state index in [4.69, 9.17) is 10.7 Å². The summed E-state index contributed by atoms with van der Waals surface area (Å²) in [7, 11) is 0. The standard InChI is InChI=1S/C12H16N2S2/c1-2-10-12(15-8-7-13)14-9-5-3-4-6-11(9)16-10/h3-6,10H,2,7-8,13H2,1H3. The van der Waals surface area contributed by atoms with Crippen LogP contribution in [0.15, 0.2) is 34.2 Å². The molecule has 2 N–H and O–H groups in total. The maximum atomic E-state index is 5.54. The third-order valence-electron chi connectivity index (χ3n) is 2.38. The molecule has 0 radical (unpaired) electrons. The van der Waals surface area contributed by atoms with Crippen LogP contribution in [-0.4, -0.2) is 22.6 Å². The van der Waals surface area contributed by atoms with Crippen molar-refractivity contribution in [3.05, 3.63) is 24.3 Å². The van der Waals surface area contributed by atoms with Gasteiger partial charge >= 0.3 is 0 Å². The largest absolute Gasteiger partial charge is 0.330 e. The molecular weight excluding hydrogens is 236 g/mol. The van der Waals surface area contributed by atoms with Crippen LogP contribution < -0.4 is 5.73 Å². The maximum Gasteiger partial charge on any atom is 0.0873 e. The summed E-state index contributed by atoms with van der Waals surface area (Å²) in [5.74, 6) is 0.956. The Morgan fingerprint density at radius 2 is 2.25 bits per heavy atom. The average molecular weight is 252 g/mol. The number of aliphatic imine (C=N–C) groups is 1. The molecule has 86 valence electrons. The predicted molar refractivity (Wildman–Crippen MR) is 75.0 cm³/mol. The van der Waals surface area contributed by atoms with Gasteiger partial charge in [-0.25, -0.2) is 4.99 Å². The van der Waals surface area contributed by atoms with Crippen molar-refractivity contribution in [3.63, 3.8) is 0 Å². The molecule has 0 fully saturated rings. The SMILES string of the molecule is CCC1Sc2ccccc2N=C1SCCN. The van der Waals surface area contributed by atoms with Crippen molar-refractivity contribution in [2.45, 2.75) is 23.5 Å². The lowest BCUT2D eigenvalue weighted by Crippen LogP contribution is -2.17. The van der Waals surface area contributed by atoms with Gasteiger partial charge in [-0.2, -0.15) is 0 Å². The van der Waals surface area contributed by atoms with E-state index < -0.39 is 0 Å². The first-order valence-corrected chi connectivity index (χ1v) is 7.38. The lowest BCUT2D eigenvalue weighted by molar-refractivity contribution is 1.01. The second kappa shape index (κ2) is 5.75. The molecule has 0 aliphatic carbocycles. The second-order valence-electron chi connectivity index (χ2n) is 3.57. The quantitative estimate of drug-likeness (QED) is 0.897. The van der Waals surface area contributed by atoms with Gasteiger partial charge in [0.25, 0.3) is 0 Å². The molecule has 0 saturated heterocycles. The van der Waals surface area contributed by atoms with E-state index in [1.54, 1.807) is 11.8 Å². The summed E-state index contributed by atoms with van der Waals surface area (Å²) in [5.41, 5.74) is 6.65. The molecule has 1 aromatic carbocycles. The molecule has 1 unspecified atom stereocenters. The molecule has 16 heavy (non-hydrogen) atoms. The maximum absolute atomic E-state index is 5.54. The summed E-state index contributed by atoms with van der Waals surface area (Å²) in [6.45, 7) is 2.93. The van der Waals surface area contributed by atoms with E-state index in [0.717, 1.165) is 17.9 Å². The molecule has 0 amide bonds. The molecule has 0 spiro atoms. The Morgan fingerprint density at radius 3 is 3.00 bits per heavy atom. The Morgan fingerprint density at radius 1 is 1.44 bits per heavy atom. The third-order valence-corrected chi connectivity index (χ3v) is 5.08. The van der Waals surface area contributed by atoms with E-state index >= 15 is 0 Å². The Hall–Kier alpha value is -0.450. The van der Waals surface area contributed by atoms with Gasteiger partial charge in [0.1, 0.15) is 0 Å². The highest BCUT2D eigenvalue weighted by Gasteiger charge is 2.22. The van der Waals surface area contributed by atoms with Crippen molar-refractivity contribution in [1.29, 1.82) is 0 Å². The van der Waals surface area contributed by atoms with Crippen LogP contribution in [0.4, 0.5) is 5.69 Å². The summed E-state index contributed by atoms with van der Waals surface area (Å²) in [5, 5.41) is 1.74. The van der Waals surface area contributed by atoms with Gasteiger partial charge in [0.05, 0.1) is 16.0 Å². The van der Waals surface area contributed by atoms with Gasteiger partial charge in [0.2, 0.25) is 0 Å². The molecule has 1 aliphatic rings. The van der Waals surface area contributed by atoms with Gasteiger partial charge in [-0.05, 0) is 18.6 Å². The Labute approximate surface area is 105 Å². The third kappa shape index (κ3) is 2.62. The Kier molecular flexibility index (Phi) is 4.32. The summed E-state index contributed by atoms with van der Waals surface area (Å²) >= 11 is 3.72. The van der Waals surface area contributed by atoms with E-state index in [-0.39, 0.29) is 0 Å². The fourth-order valence-electron chi connectivity index (χ4n) is 1.59. The summed E-state index contributed by atoms with van der Waals surface area (Å²) < 4.78 is 0. The minimum Gasteiger partial charge on any atom is -0.330 e. The van der Waals surface area contributed by atoms with E-state index in [9.17, 15) is 0 Å². The number of thioether (sulfide) groups is 2. The van der Waals surface area contributed by atoms with Gasteiger partial charge < -0.3 is 5.73 Å². The lowest BCUT2D eigenvalue weighted by Gasteiger charge is -2.22. The molecule has 1 atom stereocenters. The number of nitrogens with zero attached hydrogens (tertiary/aromatic N) is 1. The molecule has 0 bridgehead atoms. The molecule has 1 heterocycles. The van der Waals surface area contributed by atoms with Crippen molar-refractivity contribution < 1.29 is 0 Å². The highest BCUT2D eigenvalue weighted by atomic mass is 32.2. The van der Waals surface area contributed by atoms with Crippen LogP contribution in [0.2, 0.25) is 0 Å². The smallest absolute Gasteiger partial charge is 0.0873 e. The molecule has 0 saturated carbocycles. The first-order valence-electron chi connectivity index (χ1n) is 5.52. The van der Waals surface area contributed by atoms with E-state index in [2.05, 4.69) is 25.1 Å². The van der Waals surface area contributed by atoms with Crippen LogP contribution >= 0.6 is 23.5 Å². The number of rotatable bonds is 3. The lowest BCUT2D eigenvalue weighted by atomic mass is 10.3. The van der Waals surface area contributed by atoms with Crippen LogP contribution in [0, 0.1) is 0 Å². The van der Waals surface area contributed by atoms with Crippen molar-refractivity contribution in [1.82, 2.24) is 0 Å². The normalized spacial score (nSPS) is 19.1. The van der Waals surface area contributed by atoms with Gasteiger partial charge in [-0.1, -0.05) is 19.1 Å². The molecule has 4 heteroatoms. The van der Waals surface area contributed by atoms with Crippen molar-refractivity contribution in [3.8, 4) is 0 Å². The van der Waals surface area contributed by atoms with Crippen molar-refractivity contribution in [2.24, 2.45) is 10.7 Å². The molecular formula is C12H16N2S2. The molecule has 1 aromatic rings. The summed E-state index contributed by atoms with van der Waals surface area (Å²) in [4.78, 5) is 6.04. The van der Waals surface area contributed by atoms with Crippen molar-refractivity contribution >= 4 is 34.3 Å². The molecule has 2 nitrogen and oxygen atoms in total. The highest BCUT2D eigenvalue weighted by molar-refractivity contribution is 8.16. The first-order chi connectivity index (χ1) is 7.85. The van der Waals surface area contributed by atoms with Gasteiger partial charge in [-0.3, -0.25) is 0 Å². The number of hydrogen-bond donors (Lipinski definition) is 1. The first kappa shape index (κ1) is 12.0. The number of fused-ring (bicyclic) bond motifs is 1. The van der Waals surface area contributed by atoms with Crippen LogP contribution in [0.1, 0.15) is 13.3 Å². The zero-order valence-corrected chi connectivity index (χ0v) is 11.0. The average Bonchev–Trinajstić information content (AvgIpc) is 2.35. The minimum absolute atomic E-state index is 0.506. The Bertz CT molecular complexity index is 390. The number of benzene rings is 1. The highest BCUT2D eigenvalue weighted by Crippen LogP contribution is 2.40. The summed E-state index contributed by atoms with van der Waals surface area (Å²) in [6, 6.07) is 8.35. The van der Waals surface area contributed by atoms with Gasteiger partial charge in [0.15, 0.2) is 0 Å². The number of nitrogens with two attached hydrogens (primary N) is 1. The van der Waals surface area contributed by atoms with Gasteiger partial charge in [0, 0.05) is 17.2 Å². The van der Waals surface area contributed by atoms with Crippen molar-refractivity contribution in [2.75, 3.05) is 12.3 Å². The topological polar surface area (TPSA) is 38.4 Å². The molecule has 0 aromatic heterocycles. The van der Waals surface area contributed by atoms with Crippen LogP contribution in [0.5, 0.6) is 0 Å². The zero-order valence-electron chi connectivity index (χ0n) is 9.35. The second-order valence-corrected chi connectivity index (χ2v) is 5.93. The van der Waals surface area contributed by atoms with Crippen LogP contribution in [0.25, 0.3) is 0 Å². The van der Waals surface area contributed by atoms with E-state index in [0.29, 0.717) is 11.8 Å². The summed E-state index contributed by atoms with van der Waals surface area (Å²) in [6.07, 6.45) is 1.12. The Balaban J connectivity index is 2.24. The fraction of sp³-hybridized carbons (Fsp3) is 0.417.